The molecule has 4 heteroatoms. The summed E-state index contributed by atoms with van der Waals surface area (Å²) in [5.74, 6) is -0.547. The van der Waals surface area contributed by atoms with E-state index in [4.69, 9.17) is 4.74 Å². The van der Waals surface area contributed by atoms with Crippen molar-refractivity contribution in [2.45, 2.75) is 26.3 Å². The van der Waals surface area contributed by atoms with Crippen molar-refractivity contribution in [3.8, 4) is 0 Å². The van der Waals surface area contributed by atoms with Crippen LogP contribution < -0.4 is 0 Å². The Balaban J connectivity index is 1.95. The minimum absolute atomic E-state index is 0.0248. The molecule has 3 rings (SSSR count). The Morgan fingerprint density at radius 1 is 1.40 bits per heavy atom. The van der Waals surface area contributed by atoms with E-state index < -0.39 is 0 Å². The lowest BCUT2D eigenvalue weighted by atomic mass is 9.99. The summed E-state index contributed by atoms with van der Waals surface area (Å²) in [5, 5.41) is 1.07. The van der Waals surface area contributed by atoms with Gasteiger partial charge in [-0.1, -0.05) is 18.2 Å². The van der Waals surface area contributed by atoms with Crippen molar-refractivity contribution < 1.29 is 14.3 Å². The number of hydrogen-bond donors (Lipinski definition) is 0. The Morgan fingerprint density at radius 3 is 3.00 bits per heavy atom. The van der Waals surface area contributed by atoms with E-state index in [9.17, 15) is 9.59 Å². The molecule has 0 fully saturated rings. The number of carbonyl (C=O) groups is 2. The Bertz CT molecular complexity index is 671. The first-order chi connectivity index (χ1) is 9.70. The van der Waals surface area contributed by atoms with Gasteiger partial charge in [-0.25, -0.2) is 0 Å². The molecular weight excluding hydrogens is 254 g/mol. The van der Waals surface area contributed by atoms with Crippen molar-refractivity contribution in [1.29, 1.82) is 0 Å². The number of hydrogen-bond acceptors (Lipinski definition) is 3. The van der Waals surface area contributed by atoms with Gasteiger partial charge in [-0.15, -0.1) is 0 Å². The number of carbonyl (C=O) groups excluding carboxylic acids is 2. The lowest BCUT2D eigenvalue weighted by Gasteiger charge is -2.11. The van der Waals surface area contributed by atoms with Crippen LogP contribution in [0.2, 0.25) is 0 Å². The van der Waals surface area contributed by atoms with Crippen LogP contribution in [0.1, 0.15) is 30.3 Å². The predicted octanol–water partition coefficient (Wildman–Crippen LogP) is 2.80. The lowest BCUT2D eigenvalue weighted by Crippen LogP contribution is -2.20. The molecule has 4 nitrogen and oxygen atoms in total. The third-order valence-corrected chi connectivity index (χ3v) is 3.85. The number of Topliss-reactive ketones (excluding diaryl/α,β-unsaturated/α-hetero) is 1. The van der Waals surface area contributed by atoms with Crippen LogP contribution >= 0.6 is 0 Å². The summed E-state index contributed by atoms with van der Waals surface area (Å²) < 4.78 is 7.07. The molecule has 20 heavy (non-hydrogen) atoms. The van der Waals surface area contributed by atoms with Gasteiger partial charge in [-0.05, 0) is 25.5 Å². The molecule has 2 aromatic rings. The zero-order valence-corrected chi connectivity index (χ0v) is 11.5. The Kier molecular flexibility index (Phi) is 3.30. The number of esters is 1. The topological polar surface area (TPSA) is 48.3 Å². The molecule has 0 radical (unpaired) electrons. The van der Waals surface area contributed by atoms with Crippen molar-refractivity contribution in [1.82, 2.24) is 4.57 Å². The molecule has 1 aromatic carbocycles. The zero-order valence-electron chi connectivity index (χ0n) is 11.5. The predicted molar refractivity (Wildman–Crippen MR) is 75.6 cm³/mol. The van der Waals surface area contributed by atoms with E-state index in [0.717, 1.165) is 10.9 Å². The Morgan fingerprint density at radius 2 is 2.20 bits per heavy atom. The van der Waals surface area contributed by atoms with Crippen molar-refractivity contribution in [3.63, 3.8) is 0 Å². The molecular formula is C16H17NO3. The number of ketones is 1. The second-order valence-electron chi connectivity index (χ2n) is 5.10. The number of ether oxygens (including phenoxy) is 1. The van der Waals surface area contributed by atoms with E-state index >= 15 is 0 Å². The number of nitrogens with zero attached hydrogens (tertiary/aromatic N) is 1. The normalized spacial score (nSPS) is 18.6. The largest absolute Gasteiger partial charge is 0.466 e. The van der Waals surface area contributed by atoms with Crippen LogP contribution in [0.3, 0.4) is 0 Å². The summed E-state index contributed by atoms with van der Waals surface area (Å²) in [7, 11) is 0. The standard InChI is InChI=1S/C16H17NO3/c1-2-20-16(19)12-7-8-17-13-6-4-3-5-11(13)9-14(17)15(18)10-12/h3-6,9,12H,2,7-8,10H2,1H3. The highest BCUT2D eigenvalue weighted by molar-refractivity contribution is 6.01. The molecule has 0 saturated carbocycles. The maximum absolute atomic E-state index is 12.4. The molecule has 0 amide bonds. The smallest absolute Gasteiger partial charge is 0.309 e. The van der Waals surface area contributed by atoms with Crippen LogP contribution in [0.15, 0.2) is 30.3 Å². The van der Waals surface area contributed by atoms with Gasteiger partial charge < -0.3 is 9.30 Å². The van der Waals surface area contributed by atoms with Crippen molar-refractivity contribution in [3.05, 3.63) is 36.0 Å². The summed E-state index contributed by atoms with van der Waals surface area (Å²) in [6, 6.07) is 9.87. The second-order valence-corrected chi connectivity index (χ2v) is 5.10. The SMILES string of the molecule is CCOC(=O)C1CCn2c(cc3ccccc32)C(=O)C1. The fourth-order valence-corrected chi connectivity index (χ4v) is 2.86. The van der Waals surface area contributed by atoms with E-state index in [-0.39, 0.29) is 24.1 Å². The van der Waals surface area contributed by atoms with Crippen molar-refractivity contribution in [2.75, 3.05) is 6.61 Å². The maximum Gasteiger partial charge on any atom is 0.309 e. The summed E-state index contributed by atoms with van der Waals surface area (Å²) in [5.41, 5.74) is 1.76. The van der Waals surface area contributed by atoms with Crippen LogP contribution in [-0.2, 0) is 16.1 Å². The molecule has 104 valence electrons. The van der Waals surface area contributed by atoms with Crippen molar-refractivity contribution in [2.24, 2.45) is 5.92 Å². The van der Waals surface area contributed by atoms with E-state index in [2.05, 4.69) is 0 Å². The van der Waals surface area contributed by atoms with Crippen LogP contribution in [0.25, 0.3) is 10.9 Å². The van der Waals surface area contributed by atoms with E-state index in [1.165, 1.54) is 0 Å². The number of fused-ring (bicyclic) bond motifs is 3. The fraction of sp³-hybridized carbons (Fsp3) is 0.375. The van der Waals surface area contributed by atoms with Gasteiger partial charge in [0.15, 0.2) is 5.78 Å². The molecule has 0 N–H and O–H groups in total. The number of benzene rings is 1. The summed E-state index contributed by atoms with van der Waals surface area (Å²) in [4.78, 5) is 24.2. The quantitative estimate of drug-likeness (QED) is 0.789. The molecule has 2 heterocycles. The minimum Gasteiger partial charge on any atom is -0.466 e. The number of aromatic nitrogens is 1. The molecule has 0 bridgehead atoms. The first-order valence-electron chi connectivity index (χ1n) is 6.99. The van der Waals surface area contributed by atoms with Gasteiger partial charge in [-0.3, -0.25) is 9.59 Å². The molecule has 0 spiro atoms. The second kappa shape index (κ2) is 5.12. The average Bonchev–Trinajstić information content (AvgIpc) is 2.74. The Labute approximate surface area is 117 Å². The third kappa shape index (κ3) is 2.11. The van der Waals surface area contributed by atoms with E-state index in [0.29, 0.717) is 25.3 Å². The van der Waals surface area contributed by atoms with Gasteiger partial charge in [0.05, 0.1) is 18.2 Å². The maximum atomic E-state index is 12.4. The highest BCUT2D eigenvalue weighted by Crippen LogP contribution is 2.27. The molecule has 1 unspecified atom stereocenters. The zero-order chi connectivity index (χ0) is 14.1. The molecule has 1 aliphatic rings. The number of rotatable bonds is 2. The van der Waals surface area contributed by atoms with Crippen molar-refractivity contribution >= 4 is 22.7 Å². The van der Waals surface area contributed by atoms with Crippen LogP contribution in [0.5, 0.6) is 0 Å². The summed E-state index contributed by atoms with van der Waals surface area (Å²) >= 11 is 0. The van der Waals surface area contributed by atoms with E-state index in [1.807, 2.05) is 34.9 Å². The summed E-state index contributed by atoms with van der Waals surface area (Å²) in [6.07, 6.45) is 0.894. The average molecular weight is 271 g/mol. The molecule has 1 atom stereocenters. The van der Waals surface area contributed by atoms with Crippen LogP contribution in [-0.4, -0.2) is 22.9 Å². The lowest BCUT2D eigenvalue weighted by molar-refractivity contribution is -0.148. The number of para-hydroxylation sites is 1. The summed E-state index contributed by atoms with van der Waals surface area (Å²) in [6.45, 7) is 2.82. The first-order valence-corrected chi connectivity index (χ1v) is 6.99. The molecule has 1 aliphatic heterocycles. The van der Waals surface area contributed by atoms with Gasteiger partial charge in [0.2, 0.25) is 0 Å². The van der Waals surface area contributed by atoms with Gasteiger partial charge in [0.25, 0.3) is 0 Å². The monoisotopic (exact) mass is 271 g/mol. The van der Waals surface area contributed by atoms with Gasteiger partial charge >= 0.3 is 5.97 Å². The third-order valence-electron chi connectivity index (χ3n) is 3.85. The molecule has 0 aliphatic carbocycles. The van der Waals surface area contributed by atoms with Gasteiger partial charge in [-0.2, -0.15) is 0 Å². The first kappa shape index (κ1) is 12.9. The molecule has 1 aromatic heterocycles. The Hall–Kier alpha value is -2.10. The highest BCUT2D eigenvalue weighted by atomic mass is 16.5. The van der Waals surface area contributed by atoms with Gasteiger partial charge in [0.1, 0.15) is 0 Å². The van der Waals surface area contributed by atoms with Gasteiger partial charge in [0, 0.05) is 23.9 Å². The highest BCUT2D eigenvalue weighted by Gasteiger charge is 2.29. The number of aryl methyl sites for hydroxylation is 1. The minimum atomic E-state index is -0.318. The fourth-order valence-electron chi connectivity index (χ4n) is 2.86. The van der Waals surface area contributed by atoms with Crippen LogP contribution in [0.4, 0.5) is 0 Å². The van der Waals surface area contributed by atoms with Crippen LogP contribution in [0, 0.1) is 5.92 Å². The molecule has 0 saturated heterocycles. The van der Waals surface area contributed by atoms with E-state index in [1.54, 1.807) is 6.92 Å².